The number of halogens is 2. The third-order valence-corrected chi connectivity index (χ3v) is 5.89. The molecule has 8 nitrogen and oxygen atoms in total. The van der Waals surface area contributed by atoms with Crippen LogP contribution >= 0.6 is 23.2 Å². The molecule has 4 rings (SSSR count). The van der Waals surface area contributed by atoms with Gasteiger partial charge in [0, 0.05) is 55.6 Å². The summed E-state index contributed by atoms with van der Waals surface area (Å²) in [5, 5.41) is 11.5. The lowest BCUT2D eigenvalue weighted by atomic mass is 10.0. The normalized spacial score (nSPS) is 13.4. The summed E-state index contributed by atoms with van der Waals surface area (Å²) in [5.74, 6) is -0.140. The second-order valence-electron chi connectivity index (χ2n) is 7.09. The number of nitrogens with one attached hydrogen (secondary N) is 2. The van der Waals surface area contributed by atoms with Crippen LogP contribution in [0.2, 0.25) is 10.0 Å². The zero-order chi connectivity index (χ0) is 20.7. The first-order valence-corrected chi connectivity index (χ1v) is 9.85. The van der Waals surface area contributed by atoms with E-state index in [4.69, 9.17) is 23.2 Å². The predicted molar refractivity (Wildman–Crippen MR) is 112 cm³/mol. The van der Waals surface area contributed by atoms with Crippen LogP contribution in [-0.4, -0.2) is 63.7 Å². The number of amides is 3. The van der Waals surface area contributed by atoms with Crippen molar-refractivity contribution >= 4 is 46.0 Å². The van der Waals surface area contributed by atoms with Crippen LogP contribution in [0.1, 0.15) is 5.69 Å². The van der Waals surface area contributed by atoms with Gasteiger partial charge >= 0.3 is 6.03 Å². The van der Waals surface area contributed by atoms with Crippen LogP contribution in [0.3, 0.4) is 0 Å². The van der Waals surface area contributed by atoms with Crippen molar-refractivity contribution < 1.29 is 9.59 Å². The van der Waals surface area contributed by atoms with Crippen LogP contribution in [0.15, 0.2) is 24.5 Å². The Labute approximate surface area is 177 Å². The second kappa shape index (κ2) is 7.61. The Morgan fingerprint density at radius 2 is 2.07 bits per heavy atom. The summed E-state index contributed by atoms with van der Waals surface area (Å²) in [6.45, 7) is 1.45. The molecule has 1 aliphatic heterocycles. The van der Waals surface area contributed by atoms with Crippen molar-refractivity contribution in [2.24, 2.45) is 0 Å². The average molecular weight is 435 g/mol. The predicted octanol–water partition coefficient (Wildman–Crippen LogP) is 2.95. The molecule has 0 radical (unpaired) electrons. The molecule has 0 spiro atoms. The van der Waals surface area contributed by atoms with E-state index in [1.54, 1.807) is 31.3 Å². The van der Waals surface area contributed by atoms with Crippen molar-refractivity contribution in [2.75, 3.05) is 27.2 Å². The van der Waals surface area contributed by atoms with Gasteiger partial charge in [0.05, 0.1) is 34.8 Å². The fraction of sp³-hybridized carbons (Fsp3) is 0.316. The maximum Gasteiger partial charge on any atom is 0.317 e. The van der Waals surface area contributed by atoms with Gasteiger partial charge < -0.3 is 19.7 Å². The first-order valence-electron chi connectivity index (χ1n) is 9.09. The molecule has 2 aromatic heterocycles. The van der Waals surface area contributed by atoms with E-state index in [1.807, 2.05) is 12.3 Å². The van der Waals surface area contributed by atoms with Crippen molar-refractivity contribution in [2.45, 2.75) is 13.1 Å². The van der Waals surface area contributed by atoms with E-state index in [0.29, 0.717) is 29.7 Å². The minimum absolute atomic E-state index is 0.0507. The van der Waals surface area contributed by atoms with Gasteiger partial charge in [-0.15, -0.1) is 0 Å². The molecule has 2 N–H and O–H groups in total. The maximum absolute atomic E-state index is 12.7. The number of H-pyrrole nitrogens is 1. The minimum Gasteiger partial charge on any atom is -0.339 e. The number of hydrogen-bond donors (Lipinski definition) is 2. The van der Waals surface area contributed by atoms with Gasteiger partial charge in [-0.05, 0) is 6.07 Å². The number of benzene rings is 1. The van der Waals surface area contributed by atoms with Crippen molar-refractivity contribution in [3.63, 3.8) is 0 Å². The monoisotopic (exact) mass is 434 g/mol. The van der Waals surface area contributed by atoms with Gasteiger partial charge in [0.15, 0.2) is 0 Å². The van der Waals surface area contributed by atoms with E-state index in [-0.39, 0.29) is 18.5 Å². The average Bonchev–Trinajstić information content (AvgIpc) is 3.33. The van der Waals surface area contributed by atoms with E-state index in [1.165, 1.54) is 4.90 Å². The zero-order valence-corrected chi connectivity index (χ0v) is 17.5. The number of nitrogens with zero attached hydrogens (tertiary/aromatic N) is 4. The van der Waals surface area contributed by atoms with Crippen molar-refractivity contribution in [3.05, 3.63) is 40.3 Å². The zero-order valence-electron chi connectivity index (χ0n) is 16.0. The minimum atomic E-state index is -0.301. The molecular weight excluding hydrogens is 415 g/mol. The fourth-order valence-electron chi connectivity index (χ4n) is 3.67. The Bertz CT molecular complexity index is 1090. The maximum atomic E-state index is 12.7. The second-order valence-corrected chi connectivity index (χ2v) is 7.87. The molecule has 0 saturated heterocycles. The van der Waals surface area contributed by atoms with Gasteiger partial charge in [0.2, 0.25) is 5.91 Å². The number of rotatable bonds is 3. The summed E-state index contributed by atoms with van der Waals surface area (Å²) in [4.78, 5) is 27.5. The summed E-state index contributed by atoms with van der Waals surface area (Å²) in [5.41, 5.74) is 3.71. The van der Waals surface area contributed by atoms with Gasteiger partial charge in [-0.3, -0.25) is 9.89 Å². The lowest BCUT2D eigenvalue weighted by Crippen LogP contribution is -2.45. The smallest absolute Gasteiger partial charge is 0.317 e. The van der Waals surface area contributed by atoms with E-state index < -0.39 is 0 Å². The van der Waals surface area contributed by atoms with Gasteiger partial charge in [-0.2, -0.15) is 5.10 Å². The van der Waals surface area contributed by atoms with E-state index >= 15 is 0 Å². The largest absolute Gasteiger partial charge is 0.339 e. The molecule has 0 aliphatic carbocycles. The Morgan fingerprint density at radius 1 is 1.28 bits per heavy atom. The van der Waals surface area contributed by atoms with Crippen LogP contribution in [0.5, 0.6) is 0 Å². The number of aromatic nitrogens is 3. The van der Waals surface area contributed by atoms with Crippen molar-refractivity contribution in [1.82, 2.24) is 29.9 Å². The first-order chi connectivity index (χ1) is 13.9. The SMILES string of the molecule is CN(C)C(=O)NCC(=O)N1CCn2c(c(-c3cn[nH]c3)c3ccc(Cl)c(Cl)c32)C1. The van der Waals surface area contributed by atoms with Crippen LogP contribution in [0, 0.1) is 0 Å². The van der Waals surface area contributed by atoms with Crippen LogP contribution in [0.4, 0.5) is 4.79 Å². The molecule has 152 valence electrons. The molecule has 0 saturated carbocycles. The number of carbonyl (C=O) groups is 2. The third-order valence-electron chi connectivity index (χ3n) is 5.09. The van der Waals surface area contributed by atoms with E-state index in [9.17, 15) is 9.59 Å². The Balaban J connectivity index is 1.71. The molecule has 0 bridgehead atoms. The van der Waals surface area contributed by atoms with Crippen molar-refractivity contribution in [3.8, 4) is 11.1 Å². The molecule has 29 heavy (non-hydrogen) atoms. The number of hydrogen-bond acceptors (Lipinski definition) is 3. The van der Waals surface area contributed by atoms with Gasteiger partial charge in [0.25, 0.3) is 0 Å². The molecule has 3 heterocycles. The highest BCUT2D eigenvalue weighted by atomic mass is 35.5. The van der Waals surface area contributed by atoms with Crippen LogP contribution in [-0.2, 0) is 17.9 Å². The molecule has 10 heteroatoms. The topological polar surface area (TPSA) is 86.3 Å². The number of fused-ring (bicyclic) bond motifs is 3. The van der Waals surface area contributed by atoms with Crippen LogP contribution < -0.4 is 5.32 Å². The van der Waals surface area contributed by atoms with Crippen molar-refractivity contribution in [1.29, 1.82) is 0 Å². The summed E-state index contributed by atoms with van der Waals surface area (Å²) in [6.07, 6.45) is 3.56. The number of carbonyl (C=O) groups excluding carboxylic acids is 2. The van der Waals surface area contributed by atoms with Crippen LogP contribution in [0.25, 0.3) is 22.0 Å². The van der Waals surface area contributed by atoms with Gasteiger partial charge in [-0.1, -0.05) is 29.3 Å². The standard InChI is InChI=1S/C19H20Cl2N6O2/c1-25(2)19(29)22-9-15(28)26-5-6-27-14(10-26)16(11-7-23-24-8-11)12-3-4-13(20)17(21)18(12)27/h3-4,7-8H,5-6,9-10H2,1-2H3,(H,22,29)(H,23,24). The highest BCUT2D eigenvalue weighted by Crippen LogP contribution is 2.41. The molecule has 0 atom stereocenters. The molecular formula is C19H20Cl2N6O2. The highest BCUT2D eigenvalue weighted by molar-refractivity contribution is 6.45. The summed E-state index contributed by atoms with van der Waals surface area (Å²) in [6, 6.07) is 3.42. The lowest BCUT2D eigenvalue weighted by Gasteiger charge is -2.30. The third kappa shape index (κ3) is 3.42. The first kappa shape index (κ1) is 19.6. The molecule has 3 aromatic rings. The van der Waals surface area contributed by atoms with E-state index in [2.05, 4.69) is 20.1 Å². The molecule has 0 fully saturated rings. The summed E-state index contributed by atoms with van der Waals surface area (Å²) < 4.78 is 2.12. The summed E-state index contributed by atoms with van der Waals surface area (Å²) >= 11 is 12.8. The van der Waals surface area contributed by atoms with Gasteiger partial charge in [0.1, 0.15) is 0 Å². The molecule has 0 unspecified atom stereocenters. The lowest BCUT2D eigenvalue weighted by molar-refractivity contribution is -0.131. The Morgan fingerprint density at radius 3 is 2.76 bits per heavy atom. The number of aromatic amines is 1. The molecule has 3 amide bonds. The van der Waals surface area contributed by atoms with E-state index in [0.717, 1.165) is 27.7 Å². The highest BCUT2D eigenvalue weighted by Gasteiger charge is 2.28. The molecule has 1 aromatic carbocycles. The van der Waals surface area contributed by atoms with Gasteiger partial charge in [-0.25, -0.2) is 4.79 Å². The quantitative estimate of drug-likeness (QED) is 0.664. The summed E-state index contributed by atoms with van der Waals surface area (Å²) in [7, 11) is 3.26. The Hall–Kier alpha value is -2.71. The fourth-order valence-corrected chi connectivity index (χ4v) is 4.09. The number of urea groups is 1. The Kier molecular flexibility index (Phi) is 5.14. The molecule has 1 aliphatic rings.